The minimum atomic E-state index is -2.27. The number of rotatable bonds is 7. The zero-order chi connectivity index (χ0) is 30.0. The second kappa shape index (κ2) is 16.0. The van der Waals surface area contributed by atoms with Gasteiger partial charge in [-0.2, -0.15) is 0 Å². The smallest absolute Gasteiger partial charge is 0.335 e. The van der Waals surface area contributed by atoms with Crippen LogP contribution in [0.25, 0.3) is 0 Å². The summed E-state index contributed by atoms with van der Waals surface area (Å²) < 4.78 is 28.1. The molecular formula is C26H28Br2F2N2O8. The SMILES string of the molecule is O=C(O)C(O)C(O)C(=O)O.O=C1CCNC1Cc1cccc(Br)c1F.O=C1CCNC1Cc1cccc(Br)c1F. The fourth-order valence-corrected chi connectivity index (χ4v) is 4.62. The van der Waals surface area contributed by atoms with Crippen LogP contribution in [-0.4, -0.2) is 81.3 Å². The molecule has 2 fully saturated rings. The maximum atomic E-state index is 13.6. The van der Waals surface area contributed by atoms with Crippen molar-refractivity contribution in [3.05, 3.63) is 68.1 Å². The maximum absolute atomic E-state index is 13.6. The third kappa shape index (κ3) is 9.78. The average Bonchev–Trinajstić information content (AvgIpc) is 3.51. The summed E-state index contributed by atoms with van der Waals surface area (Å²) in [5, 5.41) is 38.7. The van der Waals surface area contributed by atoms with E-state index in [1.54, 1.807) is 36.4 Å². The van der Waals surface area contributed by atoms with E-state index >= 15 is 0 Å². The summed E-state index contributed by atoms with van der Waals surface area (Å²) in [4.78, 5) is 42.3. The molecule has 40 heavy (non-hydrogen) atoms. The first kappa shape index (κ1) is 33.6. The largest absolute Gasteiger partial charge is 0.479 e. The molecular weight excluding hydrogens is 666 g/mol. The summed E-state index contributed by atoms with van der Waals surface area (Å²) in [5.74, 6) is -3.72. The molecule has 218 valence electrons. The highest BCUT2D eigenvalue weighted by Crippen LogP contribution is 2.22. The quantitative estimate of drug-likeness (QED) is 0.252. The number of hydrogen-bond donors (Lipinski definition) is 6. The Bertz CT molecular complexity index is 1140. The Morgan fingerprint density at radius 1 is 0.775 bits per heavy atom. The number of hydrogen-bond acceptors (Lipinski definition) is 8. The standard InChI is InChI=1S/2C11H11BrFNO.C4H6O6/c2*12-8-3-1-2-7(11(8)13)6-9-10(15)4-5-14-9;5-1(3(7)8)2(6)4(9)10/h2*1-3,9,14H,4-6H2;1-2,5-6H,(H,7,8)(H,9,10). The number of Topliss-reactive ketones (excluding diaryl/α,β-unsaturated/α-hetero) is 2. The second-order valence-corrected chi connectivity index (χ2v) is 10.6. The molecule has 2 aliphatic rings. The molecule has 2 aromatic carbocycles. The van der Waals surface area contributed by atoms with E-state index in [1.165, 1.54) is 0 Å². The van der Waals surface area contributed by atoms with Crippen LogP contribution in [0.3, 0.4) is 0 Å². The van der Waals surface area contributed by atoms with Crippen LogP contribution in [0.15, 0.2) is 45.3 Å². The number of ketones is 2. The number of aliphatic hydroxyl groups is 2. The van der Waals surface area contributed by atoms with Gasteiger partial charge in [-0.3, -0.25) is 9.59 Å². The molecule has 10 nitrogen and oxygen atoms in total. The number of benzene rings is 2. The first-order valence-corrected chi connectivity index (χ1v) is 13.6. The lowest BCUT2D eigenvalue weighted by Gasteiger charge is -2.10. The summed E-state index contributed by atoms with van der Waals surface area (Å²) in [7, 11) is 0. The molecule has 4 atom stereocenters. The molecule has 14 heteroatoms. The van der Waals surface area contributed by atoms with Gasteiger partial charge in [-0.1, -0.05) is 24.3 Å². The predicted molar refractivity (Wildman–Crippen MR) is 146 cm³/mol. The van der Waals surface area contributed by atoms with Crippen LogP contribution in [0, 0.1) is 11.6 Å². The van der Waals surface area contributed by atoms with Gasteiger partial charge in [0.15, 0.2) is 23.8 Å². The lowest BCUT2D eigenvalue weighted by molar-refractivity contribution is -0.165. The monoisotopic (exact) mass is 692 g/mol. The van der Waals surface area contributed by atoms with E-state index in [2.05, 4.69) is 42.5 Å². The Morgan fingerprint density at radius 2 is 1.12 bits per heavy atom. The normalized spacial score (nSPS) is 19.6. The van der Waals surface area contributed by atoms with Crippen molar-refractivity contribution < 1.29 is 48.4 Å². The Labute approximate surface area is 245 Å². The highest BCUT2D eigenvalue weighted by atomic mass is 79.9. The van der Waals surface area contributed by atoms with Gasteiger partial charge in [0.1, 0.15) is 11.6 Å². The Kier molecular flexibility index (Phi) is 13.4. The number of nitrogens with one attached hydrogen (secondary N) is 2. The number of carbonyl (C=O) groups is 4. The predicted octanol–water partition coefficient (Wildman–Crippen LogP) is 2.00. The van der Waals surface area contributed by atoms with E-state index < -0.39 is 24.1 Å². The minimum Gasteiger partial charge on any atom is -0.479 e. The molecule has 0 radical (unpaired) electrons. The first-order valence-electron chi connectivity index (χ1n) is 12.0. The molecule has 2 saturated heterocycles. The fourth-order valence-electron chi connectivity index (χ4n) is 3.81. The lowest BCUT2D eigenvalue weighted by Crippen LogP contribution is -2.39. The van der Waals surface area contributed by atoms with Crippen molar-refractivity contribution in [2.24, 2.45) is 0 Å². The summed E-state index contributed by atoms with van der Waals surface area (Å²) >= 11 is 6.26. The van der Waals surface area contributed by atoms with Crippen molar-refractivity contribution in [3.63, 3.8) is 0 Å². The molecule has 2 heterocycles. The van der Waals surface area contributed by atoms with Crippen molar-refractivity contribution in [2.45, 2.75) is 50.0 Å². The van der Waals surface area contributed by atoms with Crippen LogP contribution in [0.4, 0.5) is 8.78 Å². The summed E-state index contributed by atoms with van der Waals surface area (Å²) in [5.41, 5.74) is 1.16. The Morgan fingerprint density at radius 3 is 1.40 bits per heavy atom. The fraction of sp³-hybridized carbons (Fsp3) is 0.385. The van der Waals surface area contributed by atoms with Gasteiger partial charge in [-0.25, -0.2) is 18.4 Å². The van der Waals surface area contributed by atoms with Crippen LogP contribution in [-0.2, 0) is 32.0 Å². The minimum absolute atomic E-state index is 0.175. The molecule has 0 saturated carbocycles. The van der Waals surface area contributed by atoms with E-state index in [0.717, 1.165) is 0 Å². The van der Waals surface area contributed by atoms with Crippen molar-refractivity contribution in [2.75, 3.05) is 13.1 Å². The molecule has 0 spiro atoms. The van der Waals surface area contributed by atoms with Gasteiger partial charge in [-0.15, -0.1) is 0 Å². The summed E-state index contributed by atoms with van der Waals surface area (Å²) in [6, 6.07) is 9.87. The first-order chi connectivity index (χ1) is 18.8. The number of halogens is 4. The van der Waals surface area contributed by atoms with Crippen LogP contribution < -0.4 is 10.6 Å². The van der Waals surface area contributed by atoms with E-state index in [1.807, 2.05) is 0 Å². The Hall–Kier alpha value is -2.62. The number of aliphatic carboxylic acids is 2. The van der Waals surface area contributed by atoms with Crippen molar-refractivity contribution in [1.29, 1.82) is 0 Å². The van der Waals surface area contributed by atoms with Gasteiger partial charge < -0.3 is 31.1 Å². The van der Waals surface area contributed by atoms with Crippen LogP contribution in [0.2, 0.25) is 0 Å². The van der Waals surface area contributed by atoms with Crippen molar-refractivity contribution in [1.82, 2.24) is 10.6 Å². The van der Waals surface area contributed by atoms with E-state index in [9.17, 15) is 28.0 Å². The number of carboxylic acid groups (broad SMARTS) is 2. The third-order valence-electron chi connectivity index (χ3n) is 6.02. The van der Waals surface area contributed by atoms with E-state index in [0.29, 0.717) is 58.8 Å². The lowest BCUT2D eigenvalue weighted by atomic mass is 10.0. The van der Waals surface area contributed by atoms with E-state index in [4.69, 9.17) is 20.4 Å². The second-order valence-electron chi connectivity index (χ2n) is 8.85. The van der Waals surface area contributed by atoms with Gasteiger partial charge in [-0.05, 0) is 68.0 Å². The van der Waals surface area contributed by atoms with Crippen LogP contribution >= 0.6 is 31.9 Å². The molecule has 0 bridgehead atoms. The van der Waals surface area contributed by atoms with Gasteiger partial charge in [0.05, 0.1) is 21.0 Å². The zero-order valence-corrected chi connectivity index (χ0v) is 24.1. The molecule has 2 aliphatic heterocycles. The zero-order valence-electron chi connectivity index (χ0n) is 20.9. The topological polar surface area (TPSA) is 173 Å². The number of carbonyl (C=O) groups excluding carboxylic acids is 2. The molecule has 6 N–H and O–H groups in total. The van der Waals surface area contributed by atoms with Gasteiger partial charge in [0.2, 0.25) is 0 Å². The van der Waals surface area contributed by atoms with Gasteiger partial charge in [0, 0.05) is 25.9 Å². The molecule has 4 rings (SSSR count). The number of carboxylic acids is 2. The summed E-state index contributed by atoms with van der Waals surface area (Å²) in [6.45, 7) is 1.41. The maximum Gasteiger partial charge on any atom is 0.335 e. The molecule has 4 unspecified atom stereocenters. The van der Waals surface area contributed by atoms with Crippen LogP contribution in [0.1, 0.15) is 24.0 Å². The number of aliphatic hydroxyl groups excluding tert-OH is 2. The average molecular weight is 694 g/mol. The Balaban J connectivity index is 0.000000216. The molecule has 2 aromatic rings. The highest BCUT2D eigenvalue weighted by Gasteiger charge is 2.29. The molecule has 0 aliphatic carbocycles. The van der Waals surface area contributed by atoms with Gasteiger partial charge >= 0.3 is 11.9 Å². The van der Waals surface area contributed by atoms with Crippen molar-refractivity contribution >= 4 is 55.4 Å². The van der Waals surface area contributed by atoms with Crippen LogP contribution in [0.5, 0.6) is 0 Å². The highest BCUT2D eigenvalue weighted by molar-refractivity contribution is 9.10. The summed E-state index contributed by atoms with van der Waals surface area (Å²) in [6.07, 6.45) is -2.55. The molecule has 0 amide bonds. The van der Waals surface area contributed by atoms with Gasteiger partial charge in [0.25, 0.3) is 0 Å². The third-order valence-corrected chi connectivity index (χ3v) is 7.24. The van der Waals surface area contributed by atoms with Crippen molar-refractivity contribution in [3.8, 4) is 0 Å². The molecule has 0 aromatic heterocycles. The van der Waals surface area contributed by atoms with E-state index in [-0.39, 0.29) is 35.3 Å².